The fourth-order valence-electron chi connectivity index (χ4n) is 1.73. The molecule has 0 bridgehead atoms. The number of carboxylic acid groups (broad SMARTS) is 1. The first-order valence-electron chi connectivity index (χ1n) is 6.89. The molecule has 0 saturated heterocycles. The zero-order valence-corrected chi connectivity index (χ0v) is 13.3. The number of amides is 1. The van der Waals surface area contributed by atoms with E-state index in [4.69, 9.17) is 21.4 Å². The average molecular weight is 344 g/mol. The Balaban J connectivity index is 2.49. The highest BCUT2D eigenvalue weighted by molar-refractivity contribution is 6.19. The van der Waals surface area contributed by atoms with Gasteiger partial charge in [-0.1, -0.05) is 41.9 Å². The number of ether oxygens (including phenoxy) is 2. The molecule has 1 aromatic carbocycles. The summed E-state index contributed by atoms with van der Waals surface area (Å²) in [6.45, 7) is 1.50. The summed E-state index contributed by atoms with van der Waals surface area (Å²) in [4.78, 5) is 34.0. The van der Waals surface area contributed by atoms with Crippen LogP contribution in [-0.4, -0.2) is 34.7 Å². The van der Waals surface area contributed by atoms with Crippen molar-refractivity contribution in [3.05, 3.63) is 35.9 Å². The Labute approximate surface area is 138 Å². The first-order valence-corrected chi connectivity index (χ1v) is 7.33. The molecular weight excluding hydrogens is 326 g/mol. The zero-order chi connectivity index (χ0) is 17.2. The van der Waals surface area contributed by atoms with Gasteiger partial charge in [0.15, 0.2) is 5.56 Å². The number of carbonyl (C=O) groups excluding carboxylic acids is 2. The van der Waals surface area contributed by atoms with Crippen LogP contribution in [0.15, 0.2) is 30.3 Å². The summed E-state index contributed by atoms with van der Waals surface area (Å²) in [5, 5.41) is 11.1. The van der Waals surface area contributed by atoms with Crippen LogP contribution in [0.2, 0.25) is 0 Å². The monoisotopic (exact) mass is 343 g/mol. The maximum absolute atomic E-state index is 11.8. The van der Waals surface area contributed by atoms with Crippen LogP contribution in [0.3, 0.4) is 0 Å². The minimum atomic E-state index is -1.16. The molecule has 1 aromatic rings. The number of alkyl halides is 1. The lowest BCUT2D eigenvalue weighted by Crippen LogP contribution is -2.39. The number of carboxylic acids is 1. The van der Waals surface area contributed by atoms with Crippen molar-refractivity contribution in [2.45, 2.75) is 38.0 Å². The van der Waals surface area contributed by atoms with Crippen LogP contribution in [0.1, 0.15) is 25.3 Å². The van der Waals surface area contributed by atoms with E-state index in [1.807, 2.05) is 6.07 Å². The number of aliphatic carboxylic acids is 1. The highest BCUT2D eigenvalue weighted by atomic mass is 35.5. The van der Waals surface area contributed by atoms with Crippen molar-refractivity contribution in [3.63, 3.8) is 0 Å². The third-order valence-electron chi connectivity index (χ3n) is 2.67. The average Bonchev–Trinajstić information content (AvgIpc) is 2.44. The Morgan fingerprint density at radius 3 is 2.43 bits per heavy atom. The molecule has 0 aliphatic rings. The summed E-state index contributed by atoms with van der Waals surface area (Å²) in [6.07, 6.45) is -1.62. The third-order valence-corrected chi connectivity index (χ3v) is 2.76. The van der Waals surface area contributed by atoms with E-state index in [0.29, 0.717) is 0 Å². The largest absolute Gasteiger partial charge is 0.481 e. The molecule has 0 aromatic heterocycles. The molecule has 126 valence electrons. The van der Waals surface area contributed by atoms with Gasteiger partial charge in [0.25, 0.3) is 0 Å². The Kier molecular flexibility index (Phi) is 7.90. The number of carbonyl (C=O) groups is 3. The summed E-state index contributed by atoms with van der Waals surface area (Å²) >= 11 is 5.49. The lowest BCUT2D eigenvalue weighted by atomic mass is 10.1. The molecule has 0 saturated carbocycles. The van der Waals surface area contributed by atoms with Gasteiger partial charge in [0.1, 0.15) is 6.61 Å². The number of hydrogen-bond donors (Lipinski definition) is 2. The fourth-order valence-corrected chi connectivity index (χ4v) is 1.81. The predicted octanol–water partition coefficient (Wildman–Crippen LogP) is 2.27. The molecule has 23 heavy (non-hydrogen) atoms. The molecule has 0 spiro atoms. The number of halogens is 1. The van der Waals surface area contributed by atoms with E-state index in [-0.39, 0.29) is 13.0 Å². The predicted molar refractivity (Wildman–Crippen MR) is 81.8 cm³/mol. The second kappa shape index (κ2) is 9.68. The zero-order valence-electron chi connectivity index (χ0n) is 12.5. The van der Waals surface area contributed by atoms with Crippen molar-refractivity contribution in [2.75, 3.05) is 0 Å². The standard InChI is InChI=1S/C15H18ClNO6/c1-10(16)23-15(21)17-12(7-13(18)19)8-14(20)22-9-11-5-3-2-4-6-11/h2-6,10,12H,7-9H2,1H3,(H,17,21)(H,18,19)/t10?,12-/m0/s1. The number of rotatable bonds is 8. The summed E-state index contributed by atoms with van der Waals surface area (Å²) in [7, 11) is 0. The van der Waals surface area contributed by atoms with Crippen molar-refractivity contribution in [1.29, 1.82) is 0 Å². The third kappa shape index (κ3) is 8.67. The molecule has 8 heteroatoms. The molecule has 0 heterocycles. The van der Waals surface area contributed by atoms with Crippen LogP contribution in [0, 0.1) is 0 Å². The molecule has 0 aliphatic heterocycles. The van der Waals surface area contributed by atoms with E-state index < -0.39 is 36.1 Å². The first-order chi connectivity index (χ1) is 10.9. The number of esters is 1. The van der Waals surface area contributed by atoms with Gasteiger partial charge in [0, 0.05) is 0 Å². The van der Waals surface area contributed by atoms with Gasteiger partial charge in [-0.2, -0.15) is 0 Å². The number of nitrogens with one attached hydrogen (secondary N) is 1. The van der Waals surface area contributed by atoms with Gasteiger partial charge in [0.05, 0.1) is 18.9 Å². The maximum Gasteiger partial charge on any atom is 0.408 e. The maximum atomic E-state index is 11.8. The van der Waals surface area contributed by atoms with Gasteiger partial charge in [-0.25, -0.2) is 4.79 Å². The smallest absolute Gasteiger partial charge is 0.408 e. The van der Waals surface area contributed by atoms with Gasteiger partial charge >= 0.3 is 18.0 Å². The Morgan fingerprint density at radius 1 is 1.22 bits per heavy atom. The van der Waals surface area contributed by atoms with Gasteiger partial charge < -0.3 is 19.9 Å². The molecule has 7 nitrogen and oxygen atoms in total. The minimum absolute atomic E-state index is 0.0720. The van der Waals surface area contributed by atoms with E-state index >= 15 is 0 Å². The normalized spacial score (nSPS) is 12.8. The Hall–Kier alpha value is -2.28. The number of benzene rings is 1. The second-order valence-corrected chi connectivity index (χ2v) is 5.35. The second-order valence-electron chi connectivity index (χ2n) is 4.74. The van der Waals surface area contributed by atoms with Crippen molar-refractivity contribution in [1.82, 2.24) is 5.32 Å². The van der Waals surface area contributed by atoms with Gasteiger partial charge in [-0.05, 0) is 12.5 Å². The molecule has 1 amide bonds. The van der Waals surface area contributed by atoms with Gasteiger partial charge in [-0.15, -0.1) is 0 Å². The molecular formula is C15H18ClNO6. The highest BCUT2D eigenvalue weighted by Gasteiger charge is 2.21. The van der Waals surface area contributed by atoms with E-state index in [9.17, 15) is 14.4 Å². The molecule has 1 unspecified atom stereocenters. The quantitative estimate of drug-likeness (QED) is 0.554. The van der Waals surface area contributed by atoms with E-state index in [1.54, 1.807) is 24.3 Å². The molecule has 1 rings (SSSR count). The summed E-state index contributed by atoms with van der Waals surface area (Å²) < 4.78 is 9.70. The van der Waals surface area contributed by atoms with Crippen LogP contribution in [0.5, 0.6) is 0 Å². The van der Waals surface area contributed by atoms with Crippen molar-refractivity contribution in [3.8, 4) is 0 Å². The van der Waals surface area contributed by atoms with E-state index in [2.05, 4.69) is 10.1 Å². The Bertz CT molecular complexity index is 534. The summed E-state index contributed by atoms with van der Waals surface area (Å²) in [5.74, 6) is -1.79. The lowest BCUT2D eigenvalue weighted by Gasteiger charge is -2.17. The first kappa shape index (κ1) is 18.8. The number of alkyl carbamates (subject to hydrolysis) is 1. The van der Waals surface area contributed by atoms with E-state index in [1.165, 1.54) is 6.92 Å². The summed E-state index contributed by atoms with van der Waals surface area (Å²) in [6, 6.07) is 8.09. The molecule has 2 atom stereocenters. The van der Waals surface area contributed by atoms with Gasteiger partial charge in [-0.3, -0.25) is 9.59 Å². The molecule has 0 fully saturated rings. The van der Waals surface area contributed by atoms with Crippen LogP contribution >= 0.6 is 11.6 Å². The topological polar surface area (TPSA) is 102 Å². The van der Waals surface area contributed by atoms with Gasteiger partial charge in [0.2, 0.25) is 0 Å². The van der Waals surface area contributed by atoms with E-state index in [0.717, 1.165) is 5.56 Å². The van der Waals surface area contributed by atoms with Crippen molar-refractivity contribution in [2.24, 2.45) is 0 Å². The highest BCUT2D eigenvalue weighted by Crippen LogP contribution is 2.06. The number of hydrogen-bond acceptors (Lipinski definition) is 5. The fraction of sp³-hybridized carbons (Fsp3) is 0.400. The van der Waals surface area contributed by atoms with Crippen LogP contribution in [0.4, 0.5) is 4.79 Å². The van der Waals surface area contributed by atoms with Crippen LogP contribution in [-0.2, 0) is 25.7 Å². The van der Waals surface area contributed by atoms with Crippen LogP contribution in [0.25, 0.3) is 0 Å². The molecule has 0 aliphatic carbocycles. The molecule has 2 N–H and O–H groups in total. The Morgan fingerprint density at radius 2 is 1.87 bits per heavy atom. The lowest BCUT2D eigenvalue weighted by molar-refractivity contribution is -0.146. The molecule has 0 radical (unpaired) electrons. The van der Waals surface area contributed by atoms with Crippen molar-refractivity contribution < 1.29 is 29.0 Å². The minimum Gasteiger partial charge on any atom is -0.481 e. The SMILES string of the molecule is CC(Cl)OC(=O)N[C@@H](CC(=O)O)CC(=O)OCc1ccccc1. The van der Waals surface area contributed by atoms with Crippen molar-refractivity contribution >= 4 is 29.6 Å². The summed E-state index contributed by atoms with van der Waals surface area (Å²) in [5.41, 5.74) is -0.0653. The van der Waals surface area contributed by atoms with Crippen LogP contribution < -0.4 is 5.32 Å².